The largest absolute Gasteiger partial charge is 0.497 e. The molecule has 1 aliphatic heterocycles. The van der Waals surface area contributed by atoms with E-state index in [9.17, 15) is 9.59 Å². The molecule has 0 radical (unpaired) electrons. The van der Waals surface area contributed by atoms with Crippen molar-refractivity contribution in [3.8, 4) is 11.5 Å². The monoisotopic (exact) mass is 396 g/mol. The van der Waals surface area contributed by atoms with Gasteiger partial charge in [0.25, 0.3) is 11.8 Å². The van der Waals surface area contributed by atoms with Crippen LogP contribution >= 0.6 is 12.2 Å². The maximum atomic E-state index is 13.2. The van der Waals surface area contributed by atoms with Crippen LogP contribution in [-0.2, 0) is 9.59 Å². The molecule has 0 bridgehead atoms. The van der Waals surface area contributed by atoms with Crippen LogP contribution in [0.25, 0.3) is 6.08 Å². The van der Waals surface area contributed by atoms with E-state index in [2.05, 4.69) is 5.32 Å². The Bertz CT molecular complexity index is 1010. The fourth-order valence-electron chi connectivity index (χ4n) is 2.96. The molecule has 6 nitrogen and oxygen atoms in total. The lowest BCUT2D eigenvalue weighted by Gasteiger charge is -2.30. The van der Waals surface area contributed by atoms with E-state index in [1.165, 1.54) is 25.2 Å². The van der Waals surface area contributed by atoms with Crippen LogP contribution in [0.15, 0.2) is 42.0 Å². The lowest BCUT2D eigenvalue weighted by molar-refractivity contribution is -0.122. The van der Waals surface area contributed by atoms with Crippen molar-refractivity contribution in [1.82, 2.24) is 5.32 Å². The Balaban J connectivity index is 2.11. The number of anilines is 1. The highest BCUT2D eigenvalue weighted by Gasteiger charge is 2.35. The molecule has 1 fully saturated rings. The number of hydrogen-bond acceptors (Lipinski definition) is 5. The Morgan fingerprint density at radius 3 is 2.50 bits per heavy atom. The van der Waals surface area contributed by atoms with Gasteiger partial charge in [0.05, 0.1) is 19.9 Å². The number of carbonyl (C=O) groups excluding carboxylic acids is 2. The molecule has 0 saturated carbocycles. The van der Waals surface area contributed by atoms with Crippen LogP contribution in [0.5, 0.6) is 11.5 Å². The number of rotatable bonds is 4. The minimum absolute atomic E-state index is 0.0407. The molecule has 1 N–H and O–H groups in total. The molecule has 0 spiro atoms. The van der Waals surface area contributed by atoms with E-state index in [1.807, 2.05) is 26.0 Å². The van der Waals surface area contributed by atoms with Gasteiger partial charge in [0.1, 0.15) is 17.1 Å². The third-order valence-electron chi connectivity index (χ3n) is 4.66. The Morgan fingerprint density at radius 2 is 1.82 bits per heavy atom. The fourth-order valence-corrected chi connectivity index (χ4v) is 3.24. The Kier molecular flexibility index (Phi) is 5.46. The van der Waals surface area contributed by atoms with E-state index in [4.69, 9.17) is 21.7 Å². The molecule has 28 heavy (non-hydrogen) atoms. The lowest BCUT2D eigenvalue weighted by atomic mass is 10.0. The zero-order chi connectivity index (χ0) is 20.4. The molecule has 2 aromatic carbocycles. The summed E-state index contributed by atoms with van der Waals surface area (Å²) in [7, 11) is 3.06. The average molecular weight is 396 g/mol. The number of thiocarbonyl (C=S) groups is 1. The van der Waals surface area contributed by atoms with E-state index in [1.54, 1.807) is 24.3 Å². The standard InChI is InChI=1S/C21H20N2O4S/c1-12-6-5-7-17(13(12)2)23-20(25)16(19(24)22-21(23)28)11-14-10-15(26-3)8-9-18(14)27-4/h5-11H,1-4H3,(H,22,24,28)/b16-11+. The minimum atomic E-state index is -0.554. The maximum Gasteiger partial charge on any atom is 0.270 e. The third-order valence-corrected chi connectivity index (χ3v) is 4.94. The summed E-state index contributed by atoms with van der Waals surface area (Å²) in [6.45, 7) is 3.86. The van der Waals surface area contributed by atoms with Gasteiger partial charge in [0, 0.05) is 5.56 Å². The molecule has 2 aromatic rings. The molecule has 0 unspecified atom stereocenters. The quantitative estimate of drug-likeness (QED) is 0.489. The number of nitrogens with zero attached hydrogens (tertiary/aromatic N) is 1. The highest BCUT2D eigenvalue weighted by Crippen LogP contribution is 2.30. The van der Waals surface area contributed by atoms with Crippen LogP contribution in [0.1, 0.15) is 16.7 Å². The second-order valence-electron chi connectivity index (χ2n) is 6.28. The van der Waals surface area contributed by atoms with Crippen molar-refractivity contribution in [2.45, 2.75) is 13.8 Å². The number of ether oxygens (including phenoxy) is 2. The number of benzene rings is 2. The van der Waals surface area contributed by atoms with Gasteiger partial charge in [-0.25, -0.2) is 0 Å². The summed E-state index contributed by atoms with van der Waals surface area (Å²) < 4.78 is 10.6. The zero-order valence-electron chi connectivity index (χ0n) is 16.0. The molecule has 1 saturated heterocycles. The van der Waals surface area contributed by atoms with Gasteiger partial charge in [0.15, 0.2) is 5.11 Å². The highest BCUT2D eigenvalue weighted by atomic mass is 32.1. The molecule has 0 aliphatic carbocycles. The van der Waals surface area contributed by atoms with Gasteiger partial charge in [-0.05, 0) is 67.5 Å². The van der Waals surface area contributed by atoms with Crippen LogP contribution in [0.2, 0.25) is 0 Å². The summed E-state index contributed by atoms with van der Waals surface area (Å²) >= 11 is 5.27. The Morgan fingerprint density at radius 1 is 1.07 bits per heavy atom. The Labute approximate surface area is 168 Å². The lowest BCUT2D eigenvalue weighted by Crippen LogP contribution is -2.54. The second-order valence-corrected chi connectivity index (χ2v) is 6.67. The van der Waals surface area contributed by atoms with Crippen molar-refractivity contribution in [3.05, 3.63) is 58.7 Å². The summed E-state index contributed by atoms with van der Waals surface area (Å²) in [5.74, 6) is 0.0484. The fraction of sp³-hybridized carbons (Fsp3) is 0.190. The average Bonchev–Trinajstić information content (AvgIpc) is 2.68. The predicted octanol–water partition coefficient (Wildman–Crippen LogP) is 3.15. The number of amides is 2. The Hall–Kier alpha value is -3.19. The third kappa shape index (κ3) is 3.48. The molecule has 0 atom stereocenters. The van der Waals surface area contributed by atoms with E-state index >= 15 is 0 Å². The number of hydrogen-bond donors (Lipinski definition) is 1. The molecule has 3 rings (SSSR count). The van der Waals surface area contributed by atoms with E-state index in [0.717, 1.165) is 11.1 Å². The van der Waals surface area contributed by atoms with Crippen LogP contribution in [-0.4, -0.2) is 31.1 Å². The summed E-state index contributed by atoms with van der Waals surface area (Å²) in [5, 5.41) is 2.65. The molecule has 1 aliphatic rings. The first-order valence-corrected chi connectivity index (χ1v) is 8.98. The van der Waals surface area contributed by atoms with Gasteiger partial charge in [-0.3, -0.25) is 19.8 Å². The molecule has 1 heterocycles. The van der Waals surface area contributed by atoms with Gasteiger partial charge >= 0.3 is 0 Å². The number of carbonyl (C=O) groups is 2. The van der Waals surface area contributed by atoms with Gasteiger partial charge in [-0.2, -0.15) is 0 Å². The maximum absolute atomic E-state index is 13.2. The van der Waals surface area contributed by atoms with Crippen molar-refractivity contribution >= 4 is 40.9 Å². The summed E-state index contributed by atoms with van der Waals surface area (Å²) in [6, 6.07) is 10.7. The molecular formula is C21H20N2O4S. The van der Waals surface area contributed by atoms with E-state index in [0.29, 0.717) is 22.7 Å². The molecular weight excluding hydrogens is 376 g/mol. The topological polar surface area (TPSA) is 67.9 Å². The summed E-state index contributed by atoms with van der Waals surface area (Å²) in [4.78, 5) is 27.1. The number of methoxy groups -OCH3 is 2. The molecule has 7 heteroatoms. The van der Waals surface area contributed by atoms with E-state index in [-0.39, 0.29) is 10.7 Å². The van der Waals surface area contributed by atoms with Gasteiger partial charge in [-0.15, -0.1) is 0 Å². The van der Waals surface area contributed by atoms with E-state index < -0.39 is 11.8 Å². The second kappa shape index (κ2) is 7.82. The van der Waals surface area contributed by atoms with Gasteiger partial charge in [0.2, 0.25) is 0 Å². The summed E-state index contributed by atoms with van der Waals surface area (Å²) in [5.41, 5.74) is 3.08. The van der Waals surface area contributed by atoms with Gasteiger partial charge < -0.3 is 9.47 Å². The van der Waals surface area contributed by atoms with Crippen LogP contribution in [0.4, 0.5) is 5.69 Å². The van der Waals surface area contributed by atoms with Crippen molar-refractivity contribution < 1.29 is 19.1 Å². The van der Waals surface area contributed by atoms with Crippen LogP contribution in [0.3, 0.4) is 0 Å². The first-order valence-electron chi connectivity index (χ1n) is 8.57. The summed E-state index contributed by atoms with van der Waals surface area (Å²) in [6.07, 6.45) is 1.49. The van der Waals surface area contributed by atoms with Crippen molar-refractivity contribution in [2.75, 3.05) is 19.1 Å². The number of nitrogens with one attached hydrogen (secondary N) is 1. The van der Waals surface area contributed by atoms with Crippen molar-refractivity contribution in [2.24, 2.45) is 0 Å². The van der Waals surface area contributed by atoms with Crippen molar-refractivity contribution in [3.63, 3.8) is 0 Å². The van der Waals surface area contributed by atoms with Crippen molar-refractivity contribution in [1.29, 1.82) is 0 Å². The highest BCUT2D eigenvalue weighted by molar-refractivity contribution is 7.80. The first kappa shape index (κ1) is 19.6. The first-order chi connectivity index (χ1) is 13.4. The molecule has 144 valence electrons. The molecule has 0 aromatic heterocycles. The van der Waals surface area contributed by atoms with Crippen LogP contribution < -0.4 is 19.7 Å². The smallest absolute Gasteiger partial charge is 0.270 e. The SMILES string of the molecule is COc1ccc(OC)c(/C=C2\C(=O)NC(=S)N(c3cccc(C)c3C)C2=O)c1. The van der Waals surface area contributed by atoms with Crippen LogP contribution in [0, 0.1) is 13.8 Å². The predicted molar refractivity (Wildman–Crippen MR) is 112 cm³/mol. The minimum Gasteiger partial charge on any atom is -0.497 e. The van der Waals surface area contributed by atoms with Gasteiger partial charge in [-0.1, -0.05) is 12.1 Å². The number of aryl methyl sites for hydroxylation is 1. The zero-order valence-corrected chi connectivity index (χ0v) is 16.8. The molecule has 2 amide bonds. The normalized spacial score (nSPS) is 15.6.